The van der Waals surface area contributed by atoms with Crippen LogP contribution in [0.25, 0.3) is 0 Å². The molecular formula is C10H13NO4. The van der Waals surface area contributed by atoms with E-state index >= 15 is 0 Å². The van der Waals surface area contributed by atoms with Crippen LogP contribution >= 0.6 is 0 Å². The Morgan fingerprint density at radius 2 is 1.87 bits per heavy atom. The van der Waals surface area contributed by atoms with Crippen molar-refractivity contribution in [1.29, 1.82) is 5.26 Å². The molecule has 2 unspecified atom stereocenters. The zero-order valence-corrected chi connectivity index (χ0v) is 8.94. The van der Waals surface area contributed by atoms with Crippen LogP contribution in [0.5, 0.6) is 0 Å². The van der Waals surface area contributed by atoms with E-state index in [0.717, 1.165) is 0 Å². The van der Waals surface area contributed by atoms with Crippen LogP contribution in [0.2, 0.25) is 0 Å². The van der Waals surface area contributed by atoms with E-state index in [1.54, 1.807) is 20.8 Å². The molecule has 0 heterocycles. The first-order valence-electron chi connectivity index (χ1n) is 4.73. The maximum Gasteiger partial charge on any atom is 0.326 e. The van der Waals surface area contributed by atoms with E-state index in [9.17, 15) is 9.59 Å². The molecular weight excluding hydrogens is 198 g/mol. The topological polar surface area (TPSA) is 76.4 Å². The van der Waals surface area contributed by atoms with Crippen molar-refractivity contribution in [2.75, 3.05) is 6.61 Å². The van der Waals surface area contributed by atoms with Gasteiger partial charge in [-0.05, 0) is 12.3 Å². The largest absolute Gasteiger partial charge is 0.466 e. The van der Waals surface area contributed by atoms with E-state index in [4.69, 9.17) is 10.00 Å². The van der Waals surface area contributed by atoms with Crippen molar-refractivity contribution in [1.82, 2.24) is 0 Å². The van der Waals surface area contributed by atoms with E-state index in [1.807, 2.05) is 0 Å². The standard InChI is InChI=1S/C10H13NO4/c1-4-14-8(12)6-7(10(6,2)3)9(13)15-5-11/h6-7H,4H2,1-3H3. The van der Waals surface area contributed by atoms with Gasteiger partial charge in [-0.2, -0.15) is 0 Å². The van der Waals surface area contributed by atoms with Gasteiger partial charge < -0.3 is 9.47 Å². The SMILES string of the molecule is CCOC(=O)C1C(C(=O)OC#N)C1(C)C. The number of rotatable bonds is 3. The van der Waals surface area contributed by atoms with Gasteiger partial charge in [0, 0.05) is 0 Å². The van der Waals surface area contributed by atoms with Crippen molar-refractivity contribution in [3.05, 3.63) is 0 Å². The maximum absolute atomic E-state index is 11.4. The van der Waals surface area contributed by atoms with Gasteiger partial charge in [-0.1, -0.05) is 13.8 Å². The lowest BCUT2D eigenvalue weighted by Crippen LogP contribution is -2.12. The fourth-order valence-corrected chi connectivity index (χ4v) is 1.86. The molecule has 1 fully saturated rings. The number of nitrogens with zero attached hydrogens (tertiary/aromatic N) is 1. The number of carbonyl (C=O) groups excluding carboxylic acids is 2. The zero-order valence-electron chi connectivity index (χ0n) is 8.94. The number of esters is 2. The van der Waals surface area contributed by atoms with E-state index in [0.29, 0.717) is 0 Å². The summed E-state index contributed by atoms with van der Waals surface area (Å²) in [6, 6.07) is 0. The summed E-state index contributed by atoms with van der Waals surface area (Å²) in [5.41, 5.74) is -0.472. The first-order valence-corrected chi connectivity index (χ1v) is 4.73. The summed E-state index contributed by atoms with van der Waals surface area (Å²) in [5.74, 6) is -2.10. The molecule has 0 radical (unpaired) electrons. The van der Waals surface area contributed by atoms with E-state index in [-0.39, 0.29) is 6.61 Å². The van der Waals surface area contributed by atoms with E-state index in [1.165, 1.54) is 6.26 Å². The molecule has 0 bridgehead atoms. The fraction of sp³-hybridized carbons (Fsp3) is 0.700. The molecule has 5 nitrogen and oxygen atoms in total. The Bertz CT molecular complexity index is 329. The second-order valence-electron chi connectivity index (χ2n) is 4.04. The van der Waals surface area contributed by atoms with Crippen molar-refractivity contribution in [2.24, 2.45) is 17.3 Å². The van der Waals surface area contributed by atoms with Crippen molar-refractivity contribution in [2.45, 2.75) is 20.8 Å². The second-order valence-corrected chi connectivity index (χ2v) is 4.04. The first kappa shape index (κ1) is 11.5. The molecule has 1 aliphatic carbocycles. The zero-order chi connectivity index (χ0) is 11.6. The lowest BCUT2D eigenvalue weighted by atomic mass is 10.1. The molecule has 2 atom stereocenters. The molecule has 1 aliphatic rings. The van der Waals surface area contributed by atoms with Gasteiger partial charge in [-0.3, -0.25) is 9.59 Å². The molecule has 1 rings (SSSR count). The van der Waals surface area contributed by atoms with Gasteiger partial charge in [0.05, 0.1) is 18.4 Å². The minimum Gasteiger partial charge on any atom is -0.466 e. The lowest BCUT2D eigenvalue weighted by Gasteiger charge is -2.01. The molecule has 5 heteroatoms. The van der Waals surface area contributed by atoms with Gasteiger partial charge in [0.2, 0.25) is 0 Å². The summed E-state index contributed by atoms with van der Waals surface area (Å²) in [5, 5.41) is 8.20. The molecule has 0 aromatic heterocycles. The van der Waals surface area contributed by atoms with Crippen LogP contribution < -0.4 is 0 Å². The summed E-state index contributed by atoms with van der Waals surface area (Å²) in [4.78, 5) is 22.7. The van der Waals surface area contributed by atoms with Crippen LogP contribution in [0.1, 0.15) is 20.8 Å². The average Bonchev–Trinajstić information content (AvgIpc) is 2.70. The third kappa shape index (κ3) is 1.94. The van der Waals surface area contributed by atoms with Crippen molar-refractivity contribution < 1.29 is 19.1 Å². The maximum atomic E-state index is 11.4. The smallest absolute Gasteiger partial charge is 0.326 e. The molecule has 1 saturated carbocycles. The number of carbonyl (C=O) groups is 2. The fourth-order valence-electron chi connectivity index (χ4n) is 1.86. The average molecular weight is 211 g/mol. The van der Waals surface area contributed by atoms with Crippen LogP contribution in [-0.4, -0.2) is 18.5 Å². The van der Waals surface area contributed by atoms with E-state index < -0.39 is 29.2 Å². The van der Waals surface area contributed by atoms with Crippen molar-refractivity contribution in [3.8, 4) is 6.26 Å². The Balaban J connectivity index is 2.67. The quantitative estimate of drug-likeness (QED) is 0.510. The highest BCUT2D eigenvalue weighted by molar-refractivity contribution is 5.89. The molecule has 0 aromatic rings. The van der Waals surface area contributed by atoms with Gasteiger partial charge in [0.1, 0.15) is 0 Å². The normalized spacial score (nSPS) is 26.3. The minimum absolute atomic E-state index is 0.283. The molecule has 0 amide bonds. The van der Waals surface area contributed by atoms with E-state index in [2.05, 4.69) is 4.74 Å². The van der Waals surface area contributed by atoms with Crippen LogP contribution in [0, 0.1) is 28.8 Å². The number of hydrogen-bond donors (Lipinski definition) is 0. The van der Waals surface area contributed by atoms with Gasteiger partial charge in [0.15, 0.2) is 0 Å². The third-order valence-electron chi connectivity index (χ3n) is 2.77. The third-order valence-corrected chi connectivity index (χ3v) is 2.77. The molecule has 82 valence electrons. The highest BCUT2D eigenvalue weighted by Crippen LogP contribution is 2.59. The van der Waals surface area contributed by atoms with Gasteiger partial charge in [0.25, 0.3) is 6.26 Å². The summed E-state index contributed by atoms with van der Waals surface area (Å²) in [7, 11) is 0. The molecule has 0 aliphatic heterocycles. The van der Waals surface area contributed by atoms with Gasteiger partial charge in [-0.25, -0.2) is 0 Å². The molecule has 0 N–H and O–H groups in total. The Labute approximate surface area is 88.0 Å². The molecule has 15 heavy (non-hydrogen) atoms. The van der Waals surface area contributed by atoms with Crippen molar-refractivity contribution >= 4 is 11.9 Å². The molecule has 0 aromatic carbocycles. The first-order chi connectivity index (χ1) is 6.96. The minimum atomic E-state index is -0.652. The summed E-state index contributed by atoms with van der Waals surface area (Å²) >= 11 is 0. The van der Waals surface area contributed by atoms with Gasteiger partial charge >= 0.3 is 11.9 Å². The lowest BCUT2D eigenvalue weighted by molar-refractivity contribution is -0.148. The van der Waals surface area contributed by atoms with Crippen LogP contribution in [0.3, 0.4) is 0 Å². The summed E-state index contributed by atoms with van der Waals surface area (Å²) in [6.45, 7) is 5.54. The highest BCUT2D eigenvalue weighted by atomic mass is 16.5. The molecule has 0 saturated heterocycles. The Morgan fingerprint density at radius 1 is 1.33 bits per heavy atom. The molecule has 0 spiro atoms. The summed E-state index contributed by atoms with van der Waals surface area (Å²) < 4.78 is 9.05. The highest BCUT2D eigenvalue weighted by Gasteiger charge is 2.67. The predicted molar refractivity (Wildman–Crippen MR) is 49.1 cm³/mol. The van der Waals surface area contributed by atoms with Crippen LogP contribution in [0.15, 0.2) is 0 Å². The number of hydrogen-bond acceptors (Lipinski definition) is 5. The Kier molecular flexibility index (Phi) is 2.98. The Morgan fingerprint density at radius 3 is 2.33 bits per heavy atom. The van der Waals surface area contributed by atoms with Gasteiger partial charge in [-0.15, -0.1) is 5.26 Å². The van der Waals surface area contributed by atoms with Crippen molar-refractivity contribution in [3.63, 3.8) is 0 Å². The monoisotopic (exact) mass is 211 g/mol. The van der Waals surface area contributed by atoms with Crippen LogP contribution in [-0.2, 0) is 19.1 Å². The number of ether oxygens (including phenoxy) is 2. The Hall–Kier alpha value is -1.57. The summed E-state index contributed by atoms with van der Waals surface area (Å²) in [6.07, 6.45) is 1.32. The number of nitriles is 1. The predicted octanol–water partition coefficient (Wildman–Crippen LogP) is 0.846. The van der Waals surface area contributed by atoms with Crippen LogP contribution in [0.4, 0.5) is 0 Å². The second kappa shape index (κ2) is 3.89.